The minimum Gasteiger partial charge on any atom is -0.306 e. The van der Waals surface area contributed by atoms with E-state index in [1.54, 1.807) is 6.07 Å². The molecule has 3 heteroatoms. The van der Waals surface area contributed by atoms with Gasteiger partial charge in [-0.1, -0.05) is 37.3 Å². The molecular weight excluding hydrogens is 263 g/mol. The zero-order valence-corrected chi connectivity index (χ0v) is 12.7. The number of hydrogen-bond acceptors (Lipinski definition) is 2. The van der Waals surface area contributed by atoms with Crippen LogP contribution >= 0.6 is 0 Å². The van der Waals surface area contributed by atoms with E-state index in [-0.39, 0.29) is 11.9 Å². The SMILES string of the molecule is CCC(NC(C)CCc1ccccc1)c1ccc(F)cn1. The van der Waals surface area contributed by atoms with Crippen LogP contribution in [-0.4, -0.2) is 11.0 Å². The zero-order valence-electron chi connectivity index (χ0n) is 12.7. The van der Waals surface area contributed by atoms with Crippen LogP contribution in [0.4, 0.5) is 4.39 Å². The van der Waals surface area contributed by atoms with Gasteiger partial charge in [0, 0.05) is 12.1 Å². The van der Waals surface area contributed by atoms with E-state index >= 15 is 0 Å². The van der Waals surface area contributed by atoms with Crippen LogP contribution < -0.4 is 5.32 Å². The Morgan fingerprint density at radius 2 is 1.90 bits per heavy atom. The number of nitrogens with zero attached hydrogens (tertiary/aromatic N) is 1. The second-order valence-electron chi connectivity index (χ2n) is 5.45. The first kappa shape index (κ1) is 15.6. The third kappa shape index (κ3) is 4.94. The van der Waals surface area contributed by atoms with E-state index in [0.29, 0.717) is 6.04 Å². The molecule has 1 aromatic heterocycles. The van der Waals surface area contributed by atoms with Crippen molar-refractivity contribution >= 4 is 0 Å². The molecule has 0 saturated heterocycles. The summed E-state index contributed by atoms with van der Waals surface area (Å²) in [6, 6.07) is 14.3. The van der Waals surface area contributed by atoms with Gasteiger partial charge in [-0.25, -0.2) is 4.39 Å². The Labute approximate surface area is 126 Å². The van der Waals surface area contributed by atoms with Gasteiger partial charge >= 0.3 is 0 Å². The fourth-order valence-electron chi connectivity index (χ4n) is 2.46. The summed E-state index contributed by atoms with van der Waals surface area (Å²) in [4.78, 5) is 4.18. The second kappa shape index (κ2) is 7.89. The number of nitrogens with one attached hydrogen (secondary N) is 1. The average molecular weight is 286 g/mol. The topological polar surface area (TPSA) is 24.9 Å². The standard InChI is InChI=1S/C18H23FN2/c1-3-17(18-12-11-16(19)13-20-18)21-14(2)9-10-15-7-5-4-6-8-15/h4-8,11-14,17,21H,3,9-10H2,1-2H3. The Hall–Kier alpha value is -1.74. The van der Waals surface area contributed by atoms with Gasteiger partial charge in [-0.2, -0.15) is 0 Å². The summed E-state index contributed by atoms with van der Waals surface area (Å²) >= 11 is 0. The highest BCUT2D eigenvalue weighted by molar-refractivity contribution is 5.15. The van der Waals surface area contributed by atoms with E-state index in [0.717, 1.165) is 25.0 Å². The minimum atomic E-state index is -0.286. The molecule has 0 amide bonds. The number of pyridine rings is 1. The van der Waals surface area contributed by atoms with Crippen molar-refractivity contribution in [2.75, 3.05) is 0 Å². The van der Waals surface area contributed by atoms with E-state index in [1.807, 2.05) is 6.07 Å². The number of benzene rings is 1. The third-order valence-electron chi connectivity index (χ3n) is 3.71. The fourth-order valence-corrected chi connectivity index (χ4v) is 2.46. The summed E-state index contributed by atoms with van der Waals surface area (Å²) in [5, 5.41) is 3.59. The molecule has 1 N–H and O–H groups in total. The maximum Gasteiger partial charge on any atom is 0.141 e. The van der Waals surface area contributed by atoms with Gasteiger partial charge in [0.05, 0.1) is 11.9 Å². The van der Waals surface area contributed by atoms with Crippen molar-refractivity contribution in [1.82, 2.24) is 10.3 Å². The molecular formula is C18H23FN2. The van der Waals surface area contributed by atoms with Crippen LogP contribution in [0.2, 0.25) is 0 Å². The number of halogens is 1. The molecule has 0 aliphatic rings. The first-order chi connectivity index (χ1) is 10.2. The molecule has 2 nitrogen and oxygen atoms in total. The number of aromatic nitrogens is 1. The van der Waals surface area contributed by atoms with E-state index in [9.17, 15) is 4.39 Å². The molecule has 0 bridgehead atoms. The molecule has 2 atom stereocenters. The van der Waals surface area contributed by atoms with Crippen LogP contribution in [0.25, 0.3) is 0 Å². The lowest BCUT2D eigenvalue weighted by molar-refractivity contribution is 0.420. The van der Waals surface area contributed by atoms with Crippen molar-refractivity contribution in [2.24, 2.45) is 0 Å². The highest BCUT2D eigenvalue weighted by Gasteiger charge is 2.13. The zero-order chi connectivity index (χ0) is 15.1. The summed E-state index contributed by atoms with van der Waals surface area (Å²) in [6.45, 7) is 4.31. The molecule has 21 heavy (non-hydrogen) atoms. The van der Waals surface area contributed by atoms with Crippen molar-refractivity contribution in [3.63, 3.8) is 0 Å². The van der Waals surface area contributed by atoms with Crippen LogP contribution in [0.3, 0.4) is 0 Å². The van der Waals surface area contributed by atoms with Crippen molar-refractivity contribution < 1.29 is 4.39 Å². The summed E-state index contributed by atoms with van der Waals surface area (Å²) in [5.74, 6) is -0.286. The van der Waals surface area contributed by atoms with Gasteiger partial charge in [-0.15, -0.1) is 0 Å². The van der Waals surface area contributed by atoms with Crippen LogP contribution in [0.5, 0.6) is 0 Å². The van der Waals surface area contributed by atoms with Gasteiger partial charge in [0.15, 0.2) is 0 Å². The van der Waals surface area contributed by atoms with Crippen LogP contribution in [-0.2, 0) is 6.42 Å². The van der Waals surface area contributed by atoms with E-state index in [4.69, 9.17) is 0 Å². The molecule has 1 aromatic carbocycles. The van der Waals surface area contributed by atoms with Gasteiger partial charge in [0.1, 0.15) is 5.82 Å². The molecule has 0 spiro atoms. The number of rotatable bonds is 7. The fraction of sp³-hybridized carbons (Fsp3) is 0.389. The Bertz CT molecular complexity index is 525. The predicted molar refractivity (Wildman–Crippen MR) is 84.6 cm³/mol. The van der Waals surface area contributed by atoms with Gasteiger partial charge in [-0.05, 0) is 43.9 Å². The number of aryl methyl sites for hydroxylation is 1. The largest absolute Gasteiger partial charge is 0.306 e. The Morgan fingerprint density at radius 3 is 2.52 bits per heavy atom. The average Bonchev–Trinajstić information content (AvgIpc) is 2.52. The predicted octanol–water partition coefficient (Wildman–Crippen LogP) is 4.28. The first-order valence-corrected chi connectivity index (χ1v) is 7.60. The van der Waals surface area contributed by atoms with Crippen molar-refractivity contribution in [2.45, 2.75) is 45.2 Å². The van der Waals surface area contributed by atoms with Gasteiger partial charge < -0.3 is 5.32 Å². The molecule has 1 heterocycles. The maximum absolute atomic E-state index is 12.9. The maximum atomic E-state index is 12.9. The molecule has 0 radical (unpaired) electrons. The molecule has 0 fully saturated rings. The van der Waals surface area contributed by atoms with E-state index < -0.39 is 0 Å². The van der Waals surface area contributed by atoms with Crippen LogP contribution in [0.1, 0.15) is 44.0 Å². The lowest BCUT2D eigenvalue weighted by Crippen LogP contribution is -2.31. The van der Waals surface area contributed by atoms with Crippen molar-refractivity contribution in [1.29, 1.82) is 0 Å². The summed E-state index contributed by atoms with van der Waals surface area (Å²) in [5.41, 5.74) is 2.27. The summed E-state index contributed by atoms with van der Waals surface area (Å²) in [7, 11) is 0. The van der Waals surface area contributed by atoms with Crippen molar-refractivity contribution in [3.8, 4) is 0 Å². The highest BCUT2D eigenvalue weighted by atomic mass is 19.1. The number of hydrogen-bond donors (Lipinski definition) is 1. The molecule has 112 valence electrons. The van der Waals surface area contributed by atoms with Crippen LogP contribution in [0.15, 0.2) is 48.7 Å². The van der Waals surface area contributed by atoms with E-state index in [1.165, 1.54) is 17.8 Å². The molecule has 0 aliphatic heterocycles. The normalized spacial score (nSPS) is 13.9. The monoisotopic (exact) mass is 286 g/mol. The molecule has 0 saturated carbocycles. The summed E-state index contributed by atoms with van der Waals surface area (Å²) < 4.78 is 12.9. The quantitative estimate of drug-likeness (QED) is 0.821. The van der Waals surface area contributed by atoms with Gasteiger partial charge in [0.2, 0.25) is 0 Å². The smallest absolute Gasteiger partial charge is 0.141 e. The Kier molecular flexibility index (Phi) is 5.88. The van der Waals surface area contributed by atoms with Gasteiger partial charge in [-0.3, -0.25) is 4.98 Å². The minimum absolute atomic E-state index is 0.177. The second-order valence-corrected chi connectivity index (χ2v) is 5.45. The van der Waals surface area contributed by atoms with Crippen molar-refractivity contribution in [3.05, 3.63) is 65.7 Å². The molecule has 2 unspecified atom stereocenters. The molecule has 2 rings (SSSR count). The lowest BCUT2D eigenvalue weighted by Gasteiger charge is -2.22. The van der Waals surface area contributed by atoms with Crippen LogP contribution in [0, 0.1) is 5.82 Å². The molecule has 0 aliphatic carbocycles. The third-order valence-corrected chi connectivity index (χ3v) is 3.71. The van der Waals surface area contributed by atoms with Gasteiger partial charge in [0.25, 0.3) is 0 Å². The first-order valence-electron chi connectivity index (χ1n) is 7.60. The highest BCUT2D eigenvalue weighted by Crippen LogP contribution is 2.16. The van der Waals surface area contributed by atoms with E-state index in [2.05, 4.69) is 48.4 Å². The lowest BCUT2D eigenvalue weighted by atomic mass is 10.0. The Morgan fingerprint density at radius 1 is 1.14 bits per heavy atom. The summed E-state index contributed by atoms with van der Waals surface area (Å²) in [6.07, 6.45) is 4.35. The Balaban J connectivity index is 1.87. The molecule has 2 aromatic rings.